The first-order valence-corrected chi connectivity index (χ1v) is 12.2. The third kappa shape index (κ3) is 5.32. The lowest BCUT2D eigenvalue weighted by atomic mass is 9.91. The molecular weight excluding hydrogens is 468 g/mol. The topological polar surface area (TPSA) is 92.9 Å². The van der Waals surface area contributed by atoms with Crippen molar-refractivity contribution in [3.8, 4) is 0 Å². The van der Waals surface area contributed by atoms with Gasteiger partial charge in [0.1, 0.15) is 23.8 Å². The number of likely N-dealkylation sites (N-methyl/N-ethyl adjacent to an activating group) is 1. The van der Waals surface area contributed by atoms with Crippen LogP contribution in [-0.4, -0.2) is 58.8 Å². The molecule has 9 heteroatoms. The number of nitrogens with two attached hydrogens (primary N) is 1. The fourth-order valence-corrected chi connectivity index (χ4v) is 5.20. The Hall–Kier alpha value is -3.17. The van der Waals surface area contributed by atoms with Crippen molar-refractivity contribution < 1.29 is 27.9 Å². The van der Waals surface area contributed by atoms with Crippen molar-refractivity contribution >= 4 is 17.7 Å². The average molecular weight is 500 g/mol. The summed E-state index contributed by atoms with van der Waals surface area (Å²) in [7, 11) is 1.66. The zero-order valence-electron chi connectivity index (χ0n) is 20.4. The minimum absolute atomic E-state index is 0.0419. The summed E-state index contributed by atoms with van der Waals surface area (Å²) in [5.74, 6) is -3.68. The Balaban J connectivity index is 1.80. The summed E-state index contributed by atoms with van der Waals surface area (Å²) in [5, 5.41) is 0. The van der Waals surface area contributed by atoms with Crippen molar-refractivity contribution in [2.24, 2.45) is 5.73 Å². The molecule has 0 unspecified atom stereocenters. The van der Waals surface area contributed by atoms with Crippen LogP contribution in [0.2, 0.25) is 0 Å². The standard InChI is InChI=1S/C27H31F2N3O4/c1-16(30)26(34)32(23(33)14-17-12-19(28)15-20(29)13-17)24-25(18-8-4-3-5-9-18)36-22-11-7-6-10-21(22)31(2)27(24)35/h3-5,8-9,12-13,15-16,21-22,24-25H,6-7,10-11,14,30H2,1-2H3/t16-,21-,22-,24-,25+/m0/s1. The van der Waals surface area contributed by atoms with E-state index in [0.29, 0.717) is 11.6 Å². The lowest BCUT2D eigenvalue weighted by Gasteiger charge is -2.36. The first-order valence-electron chi connectivity index (χ1n) is 12.2. The Bertz CT molecular complexity index is 1110. The number of imide groups is 1. The highest BCUT2D eigenvalue weighted by atomic mass is 19.1. The van der Waals surface area contributed by atoms with E-state index in [0.717, 1.165) is 42.7 Å². The second kappa shape index (κ2) is 10.8. The number of fused-ring (bicyclic) bond motifs is 1. The van der Waals surface area contributed by atoms with E-state index >= 15 is 0 Å². The van der Waals surface area contributed by atoms with Crippen LogP contribution in [0.25, 0.3) is 0 Å². The van der Waals surface area contributed by atoms with Gasteiger partial charge in [0, 0.05) is 13.1 Å². The van der Waals surface area contributed by atoms with Gasteiger partial charge in [-0.05, 0) is 43.0 Å². The summed E-state index contributed by atoms with van der Waals surface area (Å²) in [5.41, 5.74) is 6.60. The number of benzene rings is 2. The highest BCUT2D eigenvalue weighted by Gasteiger charge is 2.49. The number of halogens is 2. The van der Waals surface area contributed by atoms with E-state index in [9.17, 15) is 23.2 Å². The Morgan fingerprint density at radius 3 is 2.39 bits per heavy atom. The van der Waals surface area contributed by atoms with Crippen LogP contribution in [0.4, 0.5) is 8.78 Å². The molecule has 1 aliphatic carbocycles. The van der Waals surface area contributed by atoms with Crippen molar-refractivity contribution in [1.82, 2.24) is 9.80 Å². The van der Waals surface area contributed by atoms with Crippen LogP contribution in [0.15, 0.2) is 48.5 Å². The molecule has 0 bridgehead atoms. The van der Waals surface area contributed by atoms with Crippen LogP contribution < -0.4 is 5.73 Å². The van der Waals surface area contributed by atoms with Crippen LogP contribution in [0.1, 0.15) is 49.8 Å². The van der Waals surface area contributed by atoms with Gasteiger partial charge in [-0.1, -0.05) is 43.2 Å². The van der Waals surface area contributed by atoms with Gasteiger partial charge in [-0.25, -0.2) is 8.78 Å². The van der Waals surface area contributed by atoms with Crippen LogP contribution in [0.5, 0.6) is 0 Å². The van der Waals surface area contributed by atoms with E-state index in [2.05, 4.69) is 0 Å². The predicted molar refractivity (Wildman–Crippen MR) is 128 cm³/mol. The first-order chi connectivity index (χ1) is 17.2. The quantitative estimate of drug-likeness (QED) is 0.683. The van der Waals surface area contributed by atoms with Gasteiger partial charge in [0.2, 0.25) is 17.7 Å². The summed E-state index contributed by atoms with van der Waals surface area (Å²) in [6.07, 6.45) is 1.70. The summed E-state index contributed by atoms with van der Waals surface area (Å²) in [6, 6.07) is 9.11. The van der Waals surface area contributed by atoms with Crippen LogP contribution in [-0.2, 0) is 25.5 Å². The van der Waals surface area contributed by atoms with Gasteiger partial charge in [-0.3, -0.25) is 19.3 Å². The van der Waals surface area contributed by atoms with Crippen molar-refractivity contribution in [2.75, 3.05) is 7.05 Å². The molecule has 192 valence electrons. The van der Waals surface area contributed by atoms with Crippen molar-refractivity contribution in [2.45, 2.75) is 69.4 Å². The highest BCUT2D eigenvalue weighted by molar-refractivity contribution is 6.03. The van der Waals surface area contributed by atoms with Gasteiger partial charge < -0.3 is 15.4 Å². The highest BCUT2D eigenvalue weighted by Crippen LogP contribution is 2.38. The van der Waals surface area contributed by atoms with Crippen LogP contribution >= 0.6 is 0 Å². The number of carbonyl (C=O) groups excluding carboxylic acids is 3. The lowest BCUT2D eigenvalue weighted by Crippen LogP contribution is -2.58. The number of nitrogens with zero attached hydrogens (tertiary/aromatic N) is 2. The lowest BCUT2D eigenvalue weighted by molar-refractivity contribution is -0.159. The normalized spacial score (nSPS) is 25.0. The second-order valence-corrected chi connectivity index (χ2v) is 9.60. The number of rotatable bonds is 5. The number of hydrogen-bond acceptors (Lipinski definition) is 5. The average Bonchev–Trinajstić information content (AvgIpc) is 2.94. The first kappa shape index (κ1) is 25.9. The molecule has 1 saturated heterocycles. The molecule has 0 aromatic heterocycles. The second-order valence-electron chi connectivity index (χ2n) is 9.60. The van der Waals surface area contributed by atoms with Crippen LogP contribution in [0, 0.1) is 11.6 Å². The maximum Gasteiger partial charge on any atom is 0.249 e. The van der Waals surface area contributed by atoms with E-state index in [4.69, 9.17) is 10.5 Å². The summed E-state index contributed by atoms with van der Waals surface area (Å²) in [4.78, 5) is 43.4. The van der Waals surface area contributed by atoms with E-state index in [-0.39, 0.29) is 17.7 Å². The molecule has 4 rings (SSSR count). The van der Waals surface area contributed by atoms with Crippen LogP contribution in [0.3, 0.4) is 0 Å². The molecule has 3 amide bonds. The van der Waals surface area contributed by atoms with Gasteiger partial charge in [-0.2, -0.15) is 0 Å². The molecule has 2 aromatic rings. The molecule has 36 heavy (non-hydrogen) atoms. The summed E-state index contributed by atoms with van der Waals surface area (Å²) < 4.78 is 34.2. The van der Waals surface area contributed by atoms with Gasteiger partial charge in [-0.15, -0.1) is 0 Å². The molecule has 1 aliphatic heterocycles. The fourth-order valence-electron chi connectivity index (χ4n) is 5.20. The molecule has 2 fully saturated rings. The molecule has 1 saturated carbocycles. The third-order valence-corrected chi connectivity index (χ3v) is 6.95. The van der Waals surface area contributed by atoms with Crippen molar-refractivity contribution in [3.05, 3.63) is 71.3 Å². The molecule has 0 spiro atoms. The fraction of sp³-hybridized carbons (Fsp3) is 0.444. The van der Waals surface area contributed by atoms with E-state index in [1.807, 2.05) is 6.07 Å². The monoisotopic (exact) mass is 499 g/mol. The minimum atomic E-state index is -1.33. The van der Waals surface area contributed by atoms with E-state index in [1.165, 1.54) is 6.92 Å². The Morgan fingerprint density at radius 2 is 1.75 bits per heavy atom. The largest absolute Gasteiger partial charge is 0.365 e. The molecule has 2 N–H and O–H groups in total. The molecular formula is C27H31F2N3O4. The molecule has 2 aromatic carbocycles. The summed E-state index contributed by atoms with van der Waals surface area (Å²) in [6.45, 7) is 1.42. The SMILES string of the molecule is C[C@H](N)C(=O)N(C(=O)Cc1cc(F)cc(F)c1)[C@@H]1C(=O)N(C)[C@H]2CCCC[C@@H]2O[C@@H]1c1ccccc1. The predicted octanol–water partition coefficient (Wildman–Crippen LogP) is 3.12. The Labute approximate surface area is 209 Å². The molecule has 5 atom stereocenters. The van der Waals surface area contributed by atoms with E-state index in [1.54, 1.807) is 36.2 Å². The minimum Gasteiger partial charge on any atom is -0.365 e. The molecule has 0 radical (unpaired) electrons. The summed E-state index contributed by atoms with van der Waals surface area (Å²) >= 11 is 0. The number of hydrogen-bond donors (Lipinski definition) is 1. The third-order valence-electron chi connectivity index (χ3n) is 6.95. The molecule has 1 heterocycles. The smallest absolute Gasteiger partial charge is 0.249 e. The molecule has 2 aliphatic rings. The molecule has 7 nitrogen and oxygen atoms in total. The van der Waals surface area contributed by atoms with Gasteiger partial charge in [0.05, 0.1) is 24.6 Å². The van der Waals surface area contributed by atoms with Gasteiger partial charge >= 0.3 is 0 Å². The number of amides is 3. The van der Waals surface area contributed by atoms with E-state index < -0.39 is 54.0 Å². The number of carbonyl (C=O) groups is 3. The van der Waals surface area contributed by atoms with Crippen molar-refractivity contribution in [1.29, 1.82) is 0 Å². The maximum absolute atomic E-state index is 14.0. The Morgan fingerprint density at radius 1 is 1.11 bits per heavy atom. The zero-order valence-corrected chi connectivity index (χ0v) is 20.4. The zero-order chi connectivity index (χ0) is 26.0. The maximum atomic E-state index is 14.0. The number of ether oxygens (including phenoxy) is 1. The van der Waals surface area contributed by atoms with Gasteiger partial charge in [0.15, 0.2) is 0 Å². The van der Waals surface area contributed by atoms with Gasteiger partial charge in [0.25, 0.3) is 0 Å². The Kier molecular flexibility index (Phi) is 7.80. The van der Waals surface area contributed by atoms with Crippen molar-refractivity contribution in [3.63, 3.8) is 0 Å².